The number of nitrogens with zero attached hydrogens (tertiary/aromatic N) is 1. The Bertz CT molecular complexity index is 1700. The predicted molar refractivity (Wildman–Crippen MR) is 172 cm³/mol. The molecule has 7 heteroatoms. The van der Waals surface area contributed by atoms with Crippen LogP contribution in [0.15, 0.2) is 114 Å². The van der Waals surface area contributed by atoms with Gasteiger partial charge in [-0.1, -0.05) is 87.5 Å². The van der Waals surface area contributed by atoms with E-state index in [2.05, 4.69) is 38.2 Å². The Morgan fingerprint density at radius 2 is 1.50 bits per heavy atom. The number of nitrogens with one attached hydrogen (secondary N) is 1. The molecule has 1 aliphatic heterocycles. The van der Waals surface area contributed by atoms with Gasteiger partial charge in [0.2, 0.25) is 17.7 Å². The average molecular weight is 589 g/mol. The molecule has 44 heavy (non-hydrogen) atoms. The maximum Gasteiger partial charge on any atom is 0.303 e. The lowest BCUT2D eigenvalue weighted by Crippen LogP contribution is -2.32. The molecule has 0 bridgehead atoms. The van der Waals surface area contributed by atoms with Crippen LogP contribution in [0.3, 0.4) is 0 Å². The van der Waals surface area contributed by atoms with Crippen LogP contribution in [0, 0.1) is 0 Å². The van der Waals surface area contributed by atoms with E-state index in [9.17, 15) is 14.4 Å². The van der Waals surface area contributed by atoms with Crippen molar-refractivity contribution >= 4 is 35.0 Å². The number of carbonyl (C=O) groups excluding carboxylic acids is 2. The molecule has 5 rings (SSSR count). The van der Waals surface area contributed by atoms with E-state index in [0.29, 0.717) is 29.4 Å². The van der Waals surface area contributed by atoms with Crippen LogP contribution in [0.1, 0.15) is 56.2 Å². The highest BCUT2D eigenvalue weighted by Crippen LogP contribution is 2.36. The quantitative estimate of drug-likeness (QED) is 0.171. The summed E-state index contributed by atoms with van der Waals surface area (Å²) in [5, 5.41) is 11.6. The van der Waals surface area contributed by atoms with Crippen molar-refractivity contribution in [1.82, 2.24) is 0 Å². The van der Waals surface area contributed by atoms with Crippen LogP contribution in [-0.2, 0) is 26.2 Å². The van der Waals surface area contributed by atoms with Crippen molar-refractivity contribution in [3.05, 3.63) is 126 Å². The first kappa shape index (κ1) is 30.3. The Hall–Kier alpha value is -5.17. The largest absolute Gasteiger partial charge is 0.481 e. The summed E-state index contributed by atoms with van der Waals surface area (Å²) in [5.74, 6) is -0.949. The van der Waals surface area contributed by atoms with Crippen LogP contribution in [0.2, 0.25) is 0 Å². The van der Waals surface area contributed by atoms with Gasteiger partial charge in [-0.3, -0.25) is 19.3 Å². The maximum absolute atomic E-state index is 14.7. The summed E-state index contributed by atoms with van der Waals surface area (Å²) in [7, 11) is 0. The normalized spacial score (nSPS) is 12.1. The molecule has 0 radical (unpaired) electrons. The predicted octanol–water partition coefficient (Wildman–Crippen LogP) is 8.18. The van der Waals surface area contributed by atoms with Gasteiger partial charge in [0, 0.05) is 23.7 Å². The van der Waals surface area contributed by atoms with Gasteiger partial charge in [0.25, 0.3) is 0 Å². The molecule has 3 aromatic rings. The molecule has 2 N–H and O–H groups in total. The van der Waals surface area contributed by atoms with Crippen LogP contribution in [0.25, 0.3) is 11.3 Å². The molecule has 1 heterocycles. The van der Waals surface area contributed by atoms with Crippen LogP contribution >= 0.6 is 0 Å². The van der Waals surface area contributed by atoms with E-state index < -0.39 is 11.9 Å². The smallest absolute Gasteiger partial charge is 0.303 e. The van der Waals surface area contributed by atoms with Gasteiger partial charge in [0.05, 0.1) is 18.0 Å². The van der Waals surface area contributed by atoms with E-state index >= 15 is 0 Å². The first-order valence-corrected chi connectivity index (χ1v) is 14.7. The van der Waals surface area contributed by atoms with Crippen molar-refractivity contribution in [3.63, 3.8) is 0 Å². The fourth-order valence-electron chi connectivity index (χ4n) is 5.14. The highest BCUT2D eigenvalue weighted by atomic mass is 16.4. The second-order valence-electron chi connectivity index (χ2n) is 11.9. The minimum Gasteiger partial charge on any atom is -0.481 e. The summed E-state index contributed by atoms with van der Waals surface area (Å²) in [6, 6.07) is 34.6. The zero-order chi connectivity index (χ0) is 31.3. The zero-order valence-electron chi connectivity index (χ0n) is 25.1. The van der Waals surface area contributed by atoms with Gasteiger partial charge in [0.15, 0.2) is 0 Å². The van der Waals surface area contributed by atoms with Crippen LogP contribution in [0.4, 0.5) is 17.3 Å². The van der Waals surface area contributed by atoms with Crippen LogP contribution < -0.4 is 10.2 Å². The number of rotatable bonds is 10. The molecular weight excluding hydrogens is 552 g/mol. The molecule has 3 aromatic carbocycles. The molecule has 7 nitrogen and oxygen atoms in total. The number of anilines is 3. The fraction of sp³-hybridized carbons (Fsp3) is 0.216. The van der Waals surface area contributed by atoms with E-state index in [1.165, 1.54) is 5.56 Å². The van der Waals surface area contributed by atoms with Crippen molar-refractivity contribution in [2.45, 2.75) is 51.4 Å². The van der Waals surface area contributed by atoms with Gasteiger partial charge in [-0.2, -0.15) is 0 Å². The van der Waals surface area contributed by atoms with Crippen molar-refractivity contribution in [1.29, 1.82) is 0 Å². The number of hydrogen-bond donors (Lipinski definition) is 2. The third-order valence-electron chi connectivity index (χ3n) is 7.60. The summed E-state index contributed by atoms with van der Waals surface area (Å²) in [6.07, 6.45) is 0.0721. The maximum atomic E-state index is 14.7. The number of carboxylic acid groups (broad SMARTS) is 1. The molecule has 0 saturated heterocycles. The van der Waals surface area contributed by atoms with E-state index in [0.717, 1.165) is 16.7 Å². The lowest BCUT2D eigenvalue weighted by molar-refractivity contribution is -0.138. The van der Waals surface area contributed by atoms with Crippen LogP contribution in [-0.4, -0.2) is 22.9 Å². The third-order valence-corrected chi connectivity index (χ3v) is 7.60. The van der Waals surface area contributed by atoms with Gasteiger partial charge in [-0.05, 0) is 64.9 Å². The van der Waals surface area contributed by atoms with E-state index in [1.54, 1.807) is 17.0 Å². The molecular formula is C37H36N2O5. The van der Waals surface area contributed by atoms with Gasteiger partial charge >= 0.3 is 5.97 Å². The molecule has 224 valence electrons. The molecule has 0 spiro atoms. The van der Waals surface area contributed by atoms with Crippen molar-refractivity contribution in [3.8, 4) is 11.3 Å². The lowest BCUT2D eigenvalue weighted by Gasteiger charge is -2.28. The molecule has 1 atom stereocenters. The summed E-state index contributed by atoms with van der Waals surface area (Å²) in [4.78, 5) is 39.3. The van der Waals surface area contributed by atoms with Crippen molar-refractivity contribution < 1.29 is 23.9 Å². The number of para-hydroxylation sites is 1. The second-order valence-corrected chi connectivity index (χ2v) is 11.9. The average Bonchev–Trinajstić information content (AvgIpc) is 3.48. The molecule has 0 saturated carbocycles. The molecule has 1 unspecified atom stereocenters. The Balaban J connectivity index is 1.50. The Morgan fingerprint density at radius 3 is 2.16 bits per heavy atom. The molecule has 1 aliphatic carbocycles. The lowest BCUT2D eigenvalue weighted by atomic mass is 9.84. The van der Waals surface area contributed by atoms with E-state index in [4.69, 9.17) is 9.52 Å². The highest BCUT2D eigenvalue weighted by molar-refractivity contribution is 6.03. The monoisotopic (exact) mass is 588 g/mol. The topological polar surface area (TPSA) is 99.8 Å². The molecule has 2 amide bonds. The minimum atomic E-state index is -1.02. The summed E-state index contributed by atoms with van der Waals surface area (Å²) in [6.45, 7) is 6.47. The second kappa shape index (κ2) is 13.0. The molecule has 2 aliphatic rings. The SMILES string of the molecule is CC(C)(C)c1ccc(C(Cc2ccc(NC(=O)CCC(=O)O)cc2)C(=O)N(c2ccccc2)c2ccc3cccc-3o2)cc1. The zero-order valence-corrected chi connectivity index (χ0v) is 25.1. The minimum absolute atomic E-state index is 0.0350. The summed E-state index contributed by atoms with van der Waals surface area (Å²) in [5.41, 5.74) is 5.14. The third kappa shape index (κ3) is 7.24. The van der Waals surface area contributed by atoms with Crippen molar-refractivity contribution in [2.24, 2.45) is 0 Å². The number of fused-ring (bicyclic) bond motifs is 1. The fourth-order valence-corrected chi connectivity index (χ4v) is 5.14. The van der Waals surface area contributed by atoms with Gasteiger partial charge < -0.3 is 14.8 Å². The standard InChI is InChI=1S/C37H36N2O5/c1-37(2,3)28-17-14-26(15-18-28)31(24-25-12-19-29(20-13-25)38-33(40)21-23-35(41)42)36(43)39(30-9-5-4-6-10-30)34-22-16-27-8-7-11-32(27)44-34/h4-20,22,31H,21,23-24H2,1-3H3,(H,38,40)(H,41,42). The highest BCUT2D eigenvalue weighted by Gasteiger charge is 2.31. The van der Waals surface area contributed by atoms with Gasteiger partial charge in [-0.15, -0.1) is 0 Å². The van der Waals surface area contributed by atoms with E-state index in [1.807, 2.05) is 84.9 Å². The number of carbonyl (C=O) groups is 3. The molecule has 0 fully saturated rings. The summed E-state index contributed by atoms with van der Waals surface area (Å²) < 4.78 is 6.25. The number of hydrogen-bond acceptors (Lipinski definition) is 4. The van der Waals surface area contributed by atoms with Gasteiger partial charge in [0.1, 0.15) is 5.76 Å². The first-order chi connectivity index (χ1) is 21.1. The number of benzene rings is 3. The number of aliphatic carboxylic acids is 1. The first-order valence-electron chi connectivity index (χ1n) is 14.7. The van der Waals surface area contributed by atoms with E-state index in [-0.39, 0.29) is 30.1 Å². The number of amides is 2. The Kier molecular flexibility index (Phi) is 8.95. The van der Waals surface area contributed by atoms with Crippen molar-refractivity contribution in [2.75, 3.05) is 10.2 Å². The number of carboxylic acids is 1. The summed E-state index contributed by atoms with van der Waals surface area (Å²) >= 11 is 0. The Labute approximate surface area is 257 Å². The van der Waals surface area contributed by atoms with Gasteiger partial charge in [-0.25, -0.2) is 0 Å². The van der Waals surface area contributed by atoms with Crippen LogP contribution in [0.5, 0.6) is 0 Å². The molecule has 0 aromatic heterocycles. The Morgan fingerprint density at radius 1 is 0.795 bits per heavy atom.